The van der Waals surface area contributed by atoms with Crippen LogP contribution >= 0.6 is 11.8 Å². The van der Waals surface area contributed by atoms with Crippen molar-refractivity contribution in [2.45, 2.75) is 104 Å². The maximum Gasteiger partial charge on any atom is 0.162 e. The molecule has 0 saturated carbocycles. The van der Waals surface area contributed by atoms with Gasteiger partial charge in [0.25, 0.3) is 0 Å². The molecule has 196 valence electrons. The number of thioether (sulfide) groups is 1. The average Bonchev–Trinajstić information content (AvgIpc) is 2.84. The Labute approximate surface area is 223 Å². The highest BCUT2D eigenvalue weighted by Crippen LogP contribution is 2.48. The van der Waals surface area contributed by atoms with Crippen LogP contribution in [0.15, 0.2) is 46.1 Å². The number of nitrogens with one attached hydrogen (secondary N) is 1. The lowest BCUT2D eigenvalue weighted by Crippen LogP contribution is -2.36. The van der Waals surface area contributed by atoms with Crippen LogP contribution in [-0.2, 0) is 4.79 Å². The van der Waals surface area contributed by atoms with Gasteiger partial charge in [-0.05, 0) is 48.1 Å². The third kappa shape index (κ3) is 7.65. The molecular weight excluding hydrogens is 464 g/mol. The first-order valence-electron chi connectivity index (χ1n) is 13.9. The number of ether oxygens (including phenoxy) is 1. The van der Waals surface area contributed by atoms with Crippen molar-refractivity contribution in [1.82, 2.24) is 5.32 Å². The van der Waals surface area contributed by atoms with Crippen LogP contribution in [-0.4, -0.2) is 18.1 Å². The van der Waals surface area contributed by atoms with E-state index in [0.717, 1.165) is 59.0 Å². The largest absolute Gasteiger partial charge is 0.494 e. The van der Waals surface area contributed by atoms with Gasteiger partial charge in [0.05, 0.1) is 29.2 Å². The number of rotatable bonds is 14. The van der Waals surface area contributed by atoms with E-state index in [-0.39, 0.29) is 17.1 Å². The molecule has 0 radical (unpaired) electrons. The molecular formula is C31H44N2O2S. The van der Waals surface area contributed by atoms with Crippen molar-refractivity contribution in [3.8, 4) is 11.8 Å². The zero-order valence-electron chi connectivity index (χ0n) is 22.8. The predicted molar refractivity (Wildman–Crippen MR) is 151 cm³/mol. The first kappa shape index (κ1) is 28.4. The summed E-state index contributed by atoms with van der Waals surface area (Å²) in [7, 11) is 0. The summed E-state index contributed by atoms with van der Waals surface area (Å²) in [5.74, 6) is 1.67. The van der Waals surface area contributed by atoms with E-state index < -0.39 is 0 Å². The summed E-state index contributed by atoms with van der Waals surface area (Å²) in [6.45, 7) is 9.41. The van der Waals surface area contributed by atoms with Crippen LogP contribution in [0.25, 0.3) is 0 Å². The van der Waals surface area contributed by atoms with Crippen molar-refractivity contribution in [2.75, 3.05) is 12.4 Å². The molecule has 2 aliphatic rings. The number of ketones is 1. The molecule has 4 nitrogen and oxygen atoms in total. The van der Waals surface area contributed by atoms with E-state index in [1.165, 1.54) is 38.5 Å². The second-order valence-electron chi connectivity index (χ2n) is 11.0. The summed E-state index contributed by atoms with van der Waals surface area (Å²) in [5, 5.41) is 14.8. The Balaban J connectivity index is 1.80. The topological polar surface area (TPSA) is 62.1 Å². The van der Waals surface area contributed by atoms with Crippen molar-refractivity contribution in [1.29, 1.82) is 5.26 Å². The maximum atomic E-state index is 13.4. The number of dihydropyridines is 1. The van der Waals surface area contributed by atoms with Crippen molar-refractivity contribution >= 4 is 17.5 Å². The summed E-state index contributed by atoms with van der Waals surface area (Å²) in [6.07, 6.45) is 12.4. The fourth-order valence-electron chi connectivity index (χ4n) is 5.15. The maximum absolute atomic E-state index is 13.4. The Morgan fingerprint density at radius 2 is 1.67 bits per heavy atom. The van der Waals surface area contributed by atoms with Gasteiger partial charge in [-0.3, -0.25) is 4.79 Å². The van der Waals surface area contributed by atoms with Crippen LogP contribution in [0.3, 0.4) is 0 Å². The lowest BCUT2D eigenvalue weighted by Gasteiger charge is -2.39. The number of unbranched alkanes of at least 4 members (excludes halogenated alkanes) is 7. The summed E-state index contributed by atoms with van der Waals surface area (Å²) < 4.78 is 5.85. The van der Waals surface area contributed by atoms with Crippen molar-refractivity contribution < 1.29 is 9.53 Å². The van der Waals surface area contributed by atoms with E-state index in [1.807, 2.05) is 24.3 Å². The molecule has 1 aromatic rings. The molecule has 1 aliphatic carbocycles. The first-order chi connectivity index (χ1) is 17.4. The number of hydrogen-bond donors (Lipinski definition) is 1. The number of nitriles is 1. The number of Topliss-reactive ketones (excluding diaryl/α,β-unsaturated/α-hetero) is 1. The minimum atomic E-state index is -0.309. The van der Waals surface area contributed by atoms with E-state index in [0.29, 0.717) is 18.6 Å². The van der Waals surface area contributed by atoms with E-state index in [4.69, 9.17) is 4.74 Å². The molecule has 5 heteroatoms. The van der Waals surface area contributed by atoms with Gasteiger partial charge >= 0.3 is 0 Å². The quantitative estimate of drug-likeness (QED) is 0.256. The minimum absolute atomic E-state index is 0.0805. The number of hydrogen-bond acceptors (Lipinski definition) is 5. The van der Waals surface area contributed by atoms with E-state index in [2.05, 4.69) is 39.1 Å². The van der Waals surface area contributed by atoms with Gasteiger partial charge < -0.3 is 10.1 Å². The van der Waals surface area contributed by atoms with Crippen LogP contribution in [0.2, 0.25) is 0 Å². The van der Waals surface area contributed by atoms with E-state index >= 15 is 0 Å². The lowest BCUT2D eigenvalue weighted by atomic mass is 9.69. The molecule has 0 amide bonds. The molecule has 0 fully saturated rings. The molecule has 0 spiro atoms. The van der Waals surface area contributed by atoms with Gasteiger partial charge in [-0.1, -0.05) is 84.8 Å². The number of benzene rings is 1. The zero-order valence-corrected chi connectivity index (χ0v) is 23.6. The van der Waals surface area contributed by atoms with Gasteiger partial charge in [-0.2, -0.15) is 5.26 Å². The molecule has 1 heterocycles. The standard InChI is InChI=1S/C31H44N2O2S/c1-5-7-9-10-11-12-13-19-36-30-25(22-32)28(23-14-16-24(17-15-23)35-18-8-6-2)29-26(33-30)20-31(3,4)21-27(29)34/h14-17,28,33H,5-13,18-21H2,1-4H3/t28-/m0/s1. The third-order valence-electron chi connectivity index (χ3n) is 7.10. The third-order valence-corrected chi connectivity index (χ3v) is 8.20. The van der Waals surface area contributed by atoms with E-state index in [1.54, 1.807) is 11.8 Å². The molecule has 1 atom stereocenters. The van der Waals surface area contributed by atoms with Gasteiger partial charge in [0.1, 0.15) is 5.75 Å². The molecule has 0 bridgehead atoms. The number of nitrogens with zero attached hydrogens (tertiary/aromatic N) is 1. The van der Waals surface area contributed by atoms with Crippen molar-refractivity contribution in [3.05, 3.63) is 51.7 Å². The minimum Gasteiger partial charge on any atom is -0.494 e. The van der Waals surface area contributed by atoms with Crippen molar-refractivity contribution in [2.24, 2.45) is 5.41 Å². The fraction of sp³-hybridized carbons (Fsp3) is 0.613. The monoisotopic (exact) mass is 508 g/mol. The average molecular weight is 509 g/mol. The zero-order chi connectivity index (χ0) is 26.0. The van der Waals surface area contributed by atoms with Gasteiger partial charge in [-0.15, -0.1) is 11.8 Å². The Hall–Kier alpha value is -2.19. The highest BCUT2D eigenvalue weighted by Gasteiger charge is 2.41. The molecule has 1 aliphatic heterocycles. The van der Waals surface area contributed by atoms with Gasteiger partial charge in [0.15, 0.2) is 5.78 Å². The summed E-state index contributed by atoms with van der Waals surface area (Å²) in [4.78, 5) is 13.4. The van der Waals surface area contributed by atoms with E-state index in [9.17, 15) is 10.1 Å². The van der Waals surface area contributed by atoms with Crippen LogP contribution in [0.4, 0.5) is 0 Å². The fourth-order valence-corrected chi connectivity index (χ4v) is 6.21. The molecule has 3 rings (SSSR count). The number of allylic oxidation sites excluding steroid dienone is 3. The van der Waals surface area contributed by atoms with Crippen LogP contribution in [0.1, 0.15) is 110 Å². The molecule has 0 saturated heterocycles. The second kappa shape index (κ2) is 13.9. The van der Waals surface area contributed by atoms with Gasteiger partial charge in [0.2, 0.25) is 0 Å². The Morgan fingerprint density at radius 3 is 2.33 bits per heavy atom. The summed E-state index contributed by atoms with van der Waals surface area (Å²) in [6, 6.07) is 10.5. The smallest absolute Gasteiger partial charge is 0.162 e. The lowest BCUT2D eigenvalue weighted by molar-refractivity contribution is -0.118. The molecule has 1 N–H and O–H groups in total. The summed E-state index contributed by atoms with van der Waals surface area (Å²) in [5.41, 5.74) is 3.37. The number of carbonyl (C=O) groups is 1. The SMILES string of the molecule is CCCCCCCCCSC1=C(C#N)[C@H](c2ccc(OCCCC)cc2)C2=C(CC(C)(C)CC2=O)N1. The molecule has 1 aromatic carbocycles. The van der Waals surface area contributed by atoms with Crippen LogP contribution in [0.5, 0.6) is 5.75 Å². The van der Waals surface area contributed by atoms with Gasteiger partial charge in [-0.25, -0.2) is 0 Å². The Morgan fingerprint density at radius 1 is 1.00 bits per heavy atom. The summed E-state index contributed by atoms with van der Waals surface area (Å²) >= 11 is 1.75. The Kier molecular flexibility index (Phi) is 11.0. The molecule has 0 unspecified atom stereocenters. The van der Waals surface area contributed by atoms with Crippen LogP contribution in [0, 0.1) is 16.7 Å². The highest BCUT2D eigenvalue weighted by atomic mass is 32.2. The number of carbonyl (C=O) groups excluding carboxylic acids is 1. The highest BCUT2D eigenvalue weighted by molar-refractivity contribution is 8.03. The van der Waals surface area contributed by atoms with Crippen LogP contribution < -0.4 is 10.1 Å². The van der Waals surface area contributed by atoms with Crippen molar-refractivity contribution in [3.63, 3.8) is 0 Å². The predicted octanol–water partition coefficient (Wildman–Crippen LogP) is 8.41. The normalized spacial score (nSPS) is 19.1. The Bertz CT molecular complexity index is 985. The first-order valence-corrected chi connectivity index (χ1v) is 14.9. The molecule has 36 heavy (non-hydrogen) atoms. The van der Waals surface area contributed by atoms with Gasteiger partial charge in [0, 0.05) is 17.7 Å². The second-order valence-corrected chi connectivity index (χ2v) is 12.1. The molecule has 0 aromatic heterocycles.